The topological polar surface area (TPSA) is 59.3 Å². The molecule has 1 saturated heterocycles. The normalized spacial score (nSPS) is 15.9. The van der Waals surface area contributed by atoms with Gasteiger partial charge in [0.25, 0.3) is 5.69 Å². The molecule has 1 fully saturated rings. The van der Waals surface area contributed by atoms with Crippen molar-refractivity contribution in [2.24, 2.45) is 0 Å². The van der Waals surface area contributed by atoms with Crippen molar-refractivity contribution in [3.8, 4) is 0 Å². The van der Waals surface area contributed by atoms with Crippen LogP contribution in [0.15, 0.2) is 18.5 Å². The molecule has 0 spiro atoms. The summed E-state index contributed by atoms with van der Waals surface area (Å²) >= 11 is 1.77. The van der Waals surface area contributed by atoms with Crippen molar-refractivity contribution in [1.29, 1.82) is 0 Å². The van der Waals surface area contributed by atoms with E-state index in [0.717, 1.165) is 18.2 Å². The monoisotopic (exact) mass is 211 g/mol. The number of nitrogens with zero attached hydrogens (tertiary/aromatic N) is 3. The Morgan fingerprint density at radius 1 is 1.64 bits per heavy atom. The molecular formula is C8H9N3O2S. The highest BCUT2D eigenvalue weighted by Crippen LogP contribution is 2.30. The second kappa shape index (κ2) is 3.83. The molecule has 6 heteroatoms. The second-order valence-electron chi connectivity index (χ2n) is 2.92. The van der Waals surface area contributed by atoms with Gasteiger partial charge in [0.15, 0.2) is 0 Å². The van der Waals surface area contributed by atoms with Crippen molar-refractivity contribution in [1.82, 2.24) is 4.98 Å². The highest BCUT2D eigenvalue weighted by molar-refractivity contribution is 7.99. The highest BCUT2D eigenvalue weighted by Gasteiger charge is 2.21. The van der Waals surface area contributed by atoms with Crippen LogP contribution in [0, 0.1) is 10.1 Å². The molecule has 0 amide bonds. The molecule has 74 valence electrons. The van der Waals surface area contributed by atoms with Crippen molar-refractivity contribution in [3.63, 3.8) is 0 Å². The van der Waals surface area contributed by atoms with E-state index in [9.17, 15) is 10.1 Å². The van der Waals surface area contributed by atoms with Gasteiger partial charge < -0.3 is 4.90 Å². The van der Waals surface area contributed by atoms with E-state index in [2.05, 4.69) is 4.98 Å². The Kier molecular flexibility index (Phi) is 2.53. The molecule has 1 aliphatic heterocycles. The first kappa shape index (κ1) is 9.26. The van der Waals surface area contributed by atoms with Crippen LogP contribution in [0.5, 0.6) is 0 Å². The standard InChI is InChI=1S/C8H9N3O2S/c12-11(13)7-1-2-9-5-8(7)10-3-4-14-6-10/h1-2,5H,3-4,6H2. The number of thioether (sulfide) groups is 1. The van der Waals surface area contributed by atoms with Crippen LogP contribution in [0.3, 0.4) is 0 Å². The first-order valence-electron chi connectivity index (χ1n) is 4.20. The minimum absolute atomic E-state index is 0.141. The van der Waals surface area contributed by atoms with Gasteiger partial charge in [0.1, 0.15) is 5.69 Å². The SMILES string of the molecule is O=[N+]([O-])c1ccncc1N1CCSC1. The Hall–Kier alpha value is -1.30. The number of pyridine rings is 1. The van der Waals surface area contributed by atoms with E-state index in [-0.39, 0.29) is 10.6 Å². The maximum absolute atomic E-state index is 10.7. The van der Waals surface area contributed by atoms with Crippen LogP contribution in [0.1, 0.15) is 0 Å². The van der Waals surface area contributed by atoms with Crippen LogP contribution in [-0.4, -0.2) is 28.1 Å². The summed E-state index contributed by atoms with van der Waals surface area (Å²) in [5.74, 6) is 1.83. The molecule has 0 aromatic carbocycles. The van der Waals surface area contributed by atoms with Crippen LogP contribution in [0.4, 0.5) is 11.4 Å². The zero-order valence-electron chi connectivity index (χ0n) is 7.42. The van der Waals surface area contributed by atoms with E-state index >= 15 is 0 Å². The maximum atomic E-state index is 10.7. The minimum Gasteiger partial charge on any atom is -0.355 e. The van der Waals surface area contributed by atoms with E-state index in [1.165, 1.54) is 12.3 Å². The van der Waals surface area contributed by atoms with Crippen LogP contribution in [-0.2, 0) is 0 Å². The molecule has 0 atom stereocenters. The molecular weight excluding hydrogens is 202 g/mol. The molecule has 0 radical (unpaired) electrons. The Morgan fingerprint density at radius 2 is 2.50 bits per heavy atom. The third kappa shape index (κ3) is 1.65. The number of nitro groups is 1. The number of rotatable bonds is 2. The van der Waals surface area contributed by atoms with Crippen LogP contribution in [0.2, 0.25) is 0 Å². The van der Waals surface area contributed by atoms with Crippen molar-refractivity contribution >= 4 is 23.1 Å². The van der Waals surface area contributed by atoms with E-state index in [0.29, 0.717) is 5.69 Å². The lowest BCUT2D eigenvalue weighted by Crippen LogP contribution is -2.19. The molecule has 1 aliphatic rings. The summed E-state index contributed by atoms with van der Waals surface area (Å²) in [6.07, 6.45) is 3.01. The Morgan fingerprint density at radius 3 is 3.14 bits per heavy atom. The summed E-state index contributed by atoms with van der Waals surface area (Å²) in [5, 5.41) is 10.7. The van der Waals surface area contributed by atoms with Gasteiger partial charge in [-0.25, -0.2) is 0 Å². The molecule has 14 heavy (non-hydrogen) atoms. The van der Waals surface area contributed by atoms with Crippen LogP contribution >= 0.6 is 11.8 Å². The predicted octanol–water partition coefficient (Wildman–Crippen LogP) is 1.50. The van der Waals surface area contributed by atoms with Gasteiger partial charge >= 0.3 is 0 Å². The molecule has 0 saturated carbocycles. The molecule has 2 heterocycles. The van der Waals surface area contributed by atoms with Gasteiger partial charge in [-0.15, -0.1) is 11.8 Å². The Bertz CT molecular complexity index is 352. The molecule has 1 aromatic rings. The van der Waals surface area contributed by atoms with E-state index in [4.69, 9.17) is 0 Å². The first-order chi connectivity index (χ1) is 6.79. The van der Waals surface area contributed by atoms with Crippen molar-refractivity contribution in [2.45, 2.75) is 0 Å². The molecule has 0 aliphatic carbocycles. The lowest BCUT2D eigenvalue weighted by atomic mass is 10.3. The van der Waals surface area contributed by atoms with Crippen molar-refractivity contribution in [2.75, 3.05) is 23.1 Å². The Labute approximate surface area is 85.3 Å². The van der Waals surface area contributed by atoms with E-state index < -0.39 is 0 Å². The van der Waals surface area contributed by atoms with Crippen molar-refractivity contribution in [3.05, 3.63) is 28.6 Å². The van der Waals surface area contributed by atoms with Gasteiger partial charge in [-0.3, -0.25) is 15.1 Å². The number of hydrogen-bond acceptors (Lipinski definition) is 5. The predicted molar refractivity (Wildman–Crippen MR) is 55.6 cm³/mol. The smallest absolute Gasteiger partial charge is 0.295 e. The molecule has 0 unspecified atom stereocenters. The summed E-state index contributed by atoms with van der Waals surface area (Å²) in [5.41, 5.74) is 0.769. The number of anilines is 1. The maximum Gasteiger partial charge on any atom is 0.295 e. The van der Waals surface area contributed by atoms with Gasteiger partial charge in [0, 0.05) is 24.6 Å². The minimum atomic E-state index is -0.361. The average molecular weight is 211 g/mol. The lowest BCUT2D eigenvalue weighted by Gasteiger charge is -2.15. The Balaban J connectivity index is 2.35. The third-order valence-electron chi connectivity index (χ3n) is 2.07. The van der Waals surface area contributed by atoms with E-state index in [1.807, 2.05) is 4.90 Å². The fraction of sp³-hybridized carbons (Fsp3) is 0.375. The largest absolute Gasteiger partial charge is 0.355 e. The molecule has 5 nitrogen and oxygen atoms in total. The molecule has 2 rings (SSSR count). The van der Waals surface area contributed by atoms with Gasteiger partial charge in [-0.05, 0) is 0 Å². The summed E-state index contributed by atoms with van der Waals surface area (Å²) in [4.78, 5) is 16.3. The first-order valence-corrected chi connectivity index (χ1v) is 5.35. The second-order valence-corrected chi connectivity index (χ2v) is 4.00. The number of hydrogen-bond donors (Lipinski definition) is 0. The fourth-order valence-electron chi connectivity index (χ4n) is 1.38. The van der Waals surface area contributed by atoms with Gasteiger partial charge in [0.05, 0.1) is 17.0 Å². The third-order valence-corrected chi connectivity index (χ3v) is 3.03. The van der Waals surface area contributed by atoms with Crippen LogP contribution in [0.25, 0.3) is 0 Å². The van der Waals surface area contributed by atoms with Gasteiger partial charge in [-0.1, -0.05) is 0 Å². The zero-order valence-corrected chi connectivity index (χ0v) is 8.24. The summed E-state index contributed by atoms with van der Waals surface area (Å²) in [7, 11) is 0. The number of aromatic nitrogens is 1. The summed E-state index contributed by atoms with van der Waals surface area (Å²) in [6, 6.07) is 1.44. The molecule has 1 aromatic heterocycles. The highest BCUT2D eigenvalue weighted by atomic mass is 32.2. The van der Waals surface area contributed by atoms with Crippen LogP contribution < -0.4 is 4.90 Å². The lowest BCUT2D eigenvalue weighted by molar-refractivity contribution is -0.384. The van der Waals surface area contributed by atoms with E-state index in [1.54, 1.807) is 18.0 Å². The van der Waals surface area contributed by atoms with Crippen molar-refractivity contribution < 1.29 is 4.92 Å². The fourth-order valence-corrected chi connectivity index (χ4v) is 2.35. The van der Waals surface area contributed by atoms with Gasteiger partial charge in [0.2, 0.25) is 0 Å². The average Bonchev–Trinajstić information content (AvgIpc) is 2.70. The quantitative estimate of drug-likeness (QED) is 0.548. The molecule has 0 N–H and O–H groups in total. The summed E-state index contributed by atoms with van der Waals surface area (Å²) < 4.78 is 0. The summed E-state index contributed by atoms with van der Waals surface area (Å²) in [6.45, 7) is 0.858. The van der Waals surface area contributed by atoms with Gasteiger partial charge in [-0.2, -0.15) is 0 Å². The zero-order chi connectivity index (χ0) is 9.97. The molecule has 0 bridgehead atoms.